The van der Waals surface area contributed by atoms with Crippen molar-refractivity contribution in [3.05, 3.63) is 0 Å². The van der Waals surface area contributed by atoms with Crippen molar-refractivity contribution in [2.45, 2.75) is 0 Å². The van der Waals surface area contributed by atoms with Crippen LogP contribution >= 0.6 is 0 Å². The third-order valence-electron chi connectivity index (χ3n) is 0. The Morgan fingerprint density at radius 1 is 0.0667 bits per heavy atom. The molecule has 0 spiro atoms. The molecule has 0 heterocycles. The van der Waals surface area contributed by atoms with E-state index in [-0.39, 0.29) is 297 Å². The van der Waals surface area contributed by atoms with Gasteiger partial charge >= 0.3 is 0 Å². The van der Waals surface area contributed by atoms with Crippen molar-refractivity contribution in [2.75, 3.05) is 0 Å². The maximum atomic E-state index is 0. The molecule has 0 aliphatic rings. The van der Waals surface area contributed by atoms with Gasteiger partial charge in [-0.2, -0.15) is 0 Å². The van der Waals surface area contributed by atoms with Gasteiger partial charge in [-0.05, 0) is 0 Å². The van der Waals surface area contributed by atoms with E-state index in [0.717, 1.165) is 0 Å². The Kier molecular flexibility index (Phi) is 1310. The molecule has 0 unspecified atom stereocenters. The van der Waals surface area contributed by atoms with Crippen LogP contribution in [0.1, 0.15) is 0 Å². The molecule has 0 aromatic carbocycles. The van der Waals surface area contributed by atoms with Crippen LogP contribution in [0.4, 0.5) is 0 Å². The van der Waals surface area contributed by atoms with Crippen molar-refractivity contribution >= 4 is 297 Å². The molecule has 0 amide bonds. The zero-order valence-electron chi connectivity index (χ0n) is 8.66. The van der Waals surface area contributed by atoms with Crippen molar-refractivity contribution < 1.29 is 0 Å². The minimum atomic E-state index is 0. The second-order valence-electron chi connectivity index (χ2n) is 0. The van der Waals surface area contributed by atoms with Crippen LogP contribution in [0.5, 0.6) is 0 Å². The number of hydrogen-bond acceptors (Lipinski definition) is 0. The van der Waals surface area contributed by atoms with Gasteiger partial charge in [0.25, 0.3) is 0 Å². The normalized spacial score (nSPS) is 0. The molecule has 0 atom stereocenters. The molecule has 0 saturated carbocycles. The fourth-order valence-corrected chi connectivity index (χ4v) is 0. The summed E-state index contributed by atoms with van der Waals surface area (Å²) < 4.78 is 0. The standard InChI is InChI=1S/15Ga. The summed E-state index contributed by atoms with van der Waals surface area (Å²) in [4.78, 5) is 0. The van der Waals surface area contributed by atoms with E-state index in [1.165, 1.54) is 0 Å². The number of hydrogen-bond donors (Lipinski definition) is 0. The fourth-order valence-electron chi connectivity index (χ4n) is 0. The Morgan fingerprint density at radius 3 is 0.0667 bits per heavy atom. The molecule has 0 aromatic heterocycles. The SMILES string of the molecule is [Ga].[Ga].[Ga].[Ga].[Ga].[Ga].[Ga].[Ga].[Ga].[Ga].[Ga].[Ga].[Ga].[Ga].[Ga]. The van der Waals surface area contributed by atoms with E-state index in [9.17, 15) is 0 Å². The molecule has 15 heavy (non-hydrogen) atoms. The first kappa shape index (κ1) is 149. The van der Waals surface area contributed by atoms with Gasteiger partial charge in [0.2, 0.25) is 0 Å². The third-order valence-corrected chi connectivity index (χ3v) is 0. The van der Waals surface area contributed by atoms with Crippen molar-refractivity contribution in [3.8, 4) is 0 Å². The average molecular weight is 1050 g/mol. The average Bonchev–Trinajstić information content (AvgIpc) is 0. The third kappa shape index (κ3) is 120. The Hall–Kier alpha value is 9.55. The molecule has 0 aliphatic heterocycles. The number of rotatable bonds is 0. The quantitative estimate of drug-likeness (QED) is 0.213. The van der Waals surface area contributed by atoms with Crippen LogP contribution in [0.15, 0.2) is 0 Å². The Balaban J connectivity index is 0. The zero-order chi connectivity index (χ0) is 0. The second-order valence-corrected chi connectivity index (χ2v) is 0. The predicted molar refractivity (Wildman–Crippen MR) is 86.3 cm³/mol. The van der Waals surface area contributed by atoms with E-state index in [1.807, 2.05) is 0 Å². The summed E-state index contributed by atoms with van der Waals surface area (Å²) in [6, 6.07) is 0. The van der Waals surface area contributed by atoms with Gasteiger partial charge < -0.3 is 0 Å². The zero-order valence-corrected chi connectivity index (χ0v) is 45.0. The maximum absolute atomic E-state index is 0. The molecule has 0 bridgehead atoms. The van der Waals surface area contributed by atoms with Crippen LogP contribution in [-0.2, 0) is 0 Å². The molecule has 45 radical (unpaired) electrons. The summed E-state index contributed by atoms with van der Waals surface area (Å²) in [5.74, 6) is 0. The van der Waals surface area contributed by atoms with E-state index >= 15 is 0 Å². The van der Waals surface area contributed by atoms with Crippen LogP contribution in [0, 0.1) is 0 Å². The second kappa shape index (κ2) is 131. The van der Waals surface area contributed by atoms with E-state index < -0.39 is 0 Å². The van der Waals surface area contributed by atoms with Gasteiger partial charge in [-0.25, -0.2) is 0 Å². The Labute approximate surface area is 289 Å². The largest absolute Gasteiger partial charge is 0 e. The minimum absolute atomic E-state index is 0. The predicted octanol–water partition coefficient (Wildman–Crippen LogP) is -5.71. The molecular formula is Ga15. The molecule has 0 fully saturated rings. The monoisotopic (exact) mass is 1030 g/mol. The van der Waals surface area contributed by atoms with Crippen LogP contribution in [0.2, 0.25) is 0 Å². The van der Waals surface area contributed by atoms with Crippen LogP contribution in [0.25, 0.3) is 0 Å². The van der Waals surface area contributed by atoms with Crippen molar-refractivity contribution in [3.63, 3.8) is 0 Å². The van der Waals surface area contributed by atoms with Crippen molar-refractivity contribution in [2.24, 2.45) is 0 Å². The van der Waals surface area contributed by atoms with Crippen molar-refractivity contribution in [1.29, 1.82) is 0 Å². The van der Waals surface area contributed by atoms with Gasteiger partial charge in [-0.1, -0.05) is 0 Å². The Morgan fingerprint density at radius 2 is 0.0667 bits per heavy atom. The van der Waals surface area contributed by atoms with Gasteiger partial charge in [0.15, 0.2) is 0 Å². The molecule has 0 aromatic rings. The van der Waals surface area contributed by atoms with E-state index in [2.05, 4.69) is 0 Å². The van der Waals surface area contributed by atoms with Gasteiger partial charge in [0.05, 0.1) is 0 Å². The summed E-state index contributed by atoms with van der Waals surface area (Å²) in [7, 11) is 0. The fraction of sp³-hybridized carbons (Fsp3) is 0. The van der Waals surface area contributed by atoms with Gasteiger partial charge in [-0.3, -0.25) is 0 Å². The summed E-state index contributed by atoms with van der Waals surface area (Å²) >= 11 is 0. The summed E-state index contributed by atoms with van der Waals surface area (Å²) in [5, 5.41) is 0. The smallest absolute Gasteiger partial charge is 0 e. The van der Waals surface area contributed by atoms with E-state index in [0.29, 0.717) is 0 Å². The van der Waals surface area contributed by atoms with Crippen LogP contribution in [-0.4, -0.2) is 297 Å². The molecule has 0 nitrogen and oxygen atoms in total. The van der Waals surface area contributed by atoms with Crippen LogP contribution in [0.3, 0.4) is 0 Å². The summed E-state index contributed by atoms with van der Waals surface area (Å²) in [6.07, 6.45) is 0. The molecule has 0 saturated heterocycles. The van der Waals surface area contributed by atoms with E-state index in [4.69, 9.17) is 0 Å². The summed E-state index contributed by atoms with van der Waals surface area (Å²) in [6.45, 7) is 0. The Bertz CT molecular complexity index is 0. The van der Waals surface area contributed by atoms with Crippen LogP contribution < -0.4 is 0 Å². The first-order valence-electron chi connectivity index (χ1n) is 0. The summed E-state index contributed by atoms with van der Waals surface area (Å²) in [5.41, 5.74) is 0. The molecular weight excluding hydrogens is 1050 g/mol. The van der Waals surface area contributed by atoms with Gasteiger partial charge in [0, 0.05) is 297 Å². The van der Waals surface area contributed by atoms with E-state index in [1.54, 1.807) is 0 Å². The molecule has 15 heteroatoms. The van der Waals surface area contributed by atoms with Crippen molar-refractivity contribution in [1.82, 2.24) is 0 Å². The molecule has 45 valence electrons. The first-order valence-corrected chi connectivity index (χ1v) is 0. The topological polar surface area (TPSA) is 0 Å². The molecule has 0 N–H and O–H groups in total. The maximum Gasteiger partial charge on any atom is 0 e. The minimum Gasteiger partial charge on any atom is 0 e. The first-order chi connectivity index (χ1) is 0. The van der Waals surface area contributed by atoms with Gasteiger partial charge in [0.1, 0.15) is 0 Å². The molecule has 0 aliphatic carbocycles. The van der Waals surface area contributed by atoms with Gasteiger partial charge in [-0.15, -0.1) is 0 Å². The molecule has 0 rings (SSSR count).